The maximum atomic E-state index is 12.5. The molecule has 1 heterocycles. The van der Waals surface area contributed by atoms with Gasteiger partial charge in [0.05, 0.1) is 11.7 Å². The van der Waals surface area contributed by atoms with E-state index in [-0.39, 0.29) is 18.1 Å². The predicted octanol–water partition coefficient (Wildman–Crippen LogP) is 3.00. The molecule has 2 N–H and O–H groups in total. The van der Waals surface area contributed by atoms with Gasteiger partial charge in [-0.05, 0) is 58.4 Å². The third-order valence-electron chi connectivity index (χ3n) is 3.51. The van der Waals surface area contributed by atoms with Gasteiger partial charge in [-0.3, -0.25) is 4.79 Å². The van der Waals surface area contributed by atoms with Crippen molar-refractivity contribution in [1.29, 1.82) is 0 Å². The van der Waals surface area contributed by atoms with Crippen LogP contribution >= 0.6 is 11.6 Å². The molecule has 0 aliphatic carbocycles. The fraction of sp³-hybridized carbons (Fsp3) is 0.562. The van der Waals surface area contributed by atoms with Crippen molar-refractivity contribution in [3.63, 3.8) is 0 Å². The molecule has 1 aliphatic rings. The second-order valence-corrected chi connectivity index (χ2v) is 6.29. The van der Waals surface area contributed by atoms with Gasteiger partial charge in [-0.2, -0.15) is 0 Å². The molecule has 1 saturated heterocycles. The van der Waals surface area contributed by atoms with Crippen molar-refractivity contribution in [2.75, 3.05) is 6.54 Å². The summed E-state index contributed by atoms with van der Waals surface area (Å²) >= 11 is 6.02. The lowest BCUT2D eigenvalue weighted by Crippen LogP contribution is -2.46. The number of carbonyl (C=O) groups is 1. The minimum Gasteiger partial charge on any atom is -0.490 e. The minimum absolute atomic E-state index is 0.0108. The first kappa shape index (κ1) is 16.1. The molecular formula is C16H23ClN2O2. The summed E-state index contributed by atoms with van der Waals surface area (Å²) in [5, 5.41) is 7.00. The molecule has 21 heavy (non-hydrogen) atoms. The zero-order valence-corrected chi connectivity index (χ0v) is 13.5. The standard InChI is InChI=1S/C16H23ClN2O2/c1-10(2)21-15-5-4-12(17)9-14(15)16(20)19-13-6-7-18-11(3)8-13/h4-5,9-11,13,18H,6-8H2,1-3H3,(H,19,20). The molecule has 2 rings (SSSR count). The van der Waals surface area contributed by atoms with Gasteiger partial charge < -0.3 is 15.4 Å². The third-order valence-corrected chi connectivity index (χ3v) is 3.74. The number of carbonyl (C=O) groups excluding carboxylic acids is 1. The van der Waals surface area contributed by atoms with E-state index in [2.05, 4.69) is 17.6 Å². The van der Waals surface area contributed by atoms with Crippen LogP contribution in [-0.2, 0) is 0 Å². The van der Waals surface area contributed by atoms with Crippen molar-refractivity contribution in [2.45, 2.75) is 51.8 Å². The van der Waals surface area contributed by atoms with Gasteiger partial charge in [-0.25, -0.2) is 0 Å². The Morgan fingerprint density at radius 2 is 2.24 bits per heavy atom. The molecule has 1 aliphatic heterocycles. The van der Waals surface area contributed by atoms with Crippen LogP contribution < -0.4 is 15.4 Å². The number of piperidine rings is 1. The molecule has 2 atom stereocenters. The minimum atomic E-state index is -0.118. The van der Waals surface area contributed by atoms with Crippen LogP contribution in [-0.4, -0.2) is 30.6 Å². The topological polar surface area (TPSA) is 50.4 Å². The predicted molar refractivity (Wildman–Crippen MR) is 85.2 cm³/mol. The number of benzene rings is 1. The van der Waals surface area contributed by atoms with Gasteiger partial charge in [0.2, 0.25) is 0 Å². The van der Waals surface area contributed by atoms with Crippen molar-refractivity contribution in [2.24, 2.45) is 0 Å². The monoisotopic (exact) mass is 310 g/mol. The normalized spacial score (nSPS) is 22.1. The van der Waals surface area contributed by atoms with E-state index in [0.29, 0.717) is 22.4 Å². The Balaban J connectivity index is 2.12. The lowest BCUT2D eigenvalue weighted by molar-refractivity contribution is 0.0920. The average molecular weight is 311 g/mol. The molecule has 1 aromatic rings. The smallest absolute Gasteiger partial charge is 0.255 e. The highest BCUT2D eigenvalue weighted by atomic mass is 35.5. The van der Waals surface area contributed by atoms with E-state index in [1.165, 1.54) is 0 Å². The Morgan fingerprint density at radius 1 is 1.48 bits per heavy atom. The summed E-state index contributed by atoms with van der Waals surface area (Å²) in [5.74, 6) is 0.459. The Labute approximate surface area is 131 Å². The van der Waals surface area contributed by atoms with Crippen molar-refractivity contribution in [3.8, 4) is 5.75 Å². The Kier molecular flexibility index (Phi) is 5.48. The van der Waals surface area contributed by atoms with Crippen LogP contribution in [0.4, 0.5) is 0 Å². The summed E-state index contributed by atoms with van der Waals surface area (Å²) in [7, 11) is 0. The number of halogens is 1. The van der Waals surface area contributed by atoms with Crippen LogP contribution in [0.3, 0.4) is 0 Å². The Morgan fingerprint density at radius 3 is 2.90 bits per heavy atom. The van der Waals surface area contributed by atoms with Crippen molar-refractivity contribution in [1.82, 2.24) is 10.6 Å². The van der Waals surface area contributed by atoms with Gasteiger partial charge in [0.25, 0.3) is 5.91 Å². The van der Waals surface area contributed by atoms with Gasteiger partial charge in [0.1, 0.15) is 5.75 Å². The van der Waals surface area contributed by atoms with E-state index < -0.39 is 0 Å². The molecule has 0 spiro atoms. The molecule has 116 valence electrons. The van der Waals surface area contributed by atoms with Crippen LogP contribution in [0.5, 0.6) is 5.75 Å². The number of rotatable bonds is 4. The summed E-state index contributed by atoms with van der Waals surface area (Å²) in [6.07, 6.45) is 1.89. The molecule has 0 aromatic heterocycles. The lowest BCUT2D eigenvalue weighted by atomic mass is 10.00. The van der Waals surface area contributed by atoms with Gasteiger partial charge in [0.15, 0.2) is 0 Å². The van der Waals surface area contributed by atoms with Crippen molar-refractivity contribution < 1.29 is 9.53 Å². The van der Waals surface area contributed by atoms with Crippen LogP contribution in [0.2, 0.25) is 5.02 Å². The SMILES string of the molecule is CC1CC(NC(=O)c2cc(Cl)ccc2OC(C)C)CCN1. The molecule has 4 nitrogen and oxygen atoms in total. The van der Waals surface area contributed by atoms with Gasteiger partial charge in [-0.1, -0.05) is 11.6 Å². The molecule has 2 unspecified atom stereocenters. The average Bonchev–Trinajstić information content (AvgIpc) is 2.40. The molecule has 5 heteroatoms. The van der Waals surface area contributed by atoms with Crippen LogP contribution in [0, 0.1) is 0 Å². The van der Waals surface area contributed by atoms with Crippen molar-refractivity contribution >= 4 is 17.5 Å². The fourth-order valence-corrected chi connectivity index (χ4v) is 2.73. The maximum Gasteiger partial charge on any atom is 0.255 e. The van der Waals surface area contributed by atoms with E-state index in [1.54, 1.807) is 18.2 Å². The molecule has 0 bridgehead atoms. The zero-order chi connectivity index (χ0) is 15.4. The second kappa shape index (κ2) is 7.14. The van der Waals surface area contributed by atoms with E-state index in [4.69, 9.17) is 16.3 Å². The molecule has 0 radical (unpaired) electrons. The maximum absolute atomic E-state index is 12.5. The van der Waals surface area contributed by atoms with Crippen LogP contribution in [0.25, 0.3) is 0 Å². The molecular weight excluding hydrogens is 288 g/mol. The molecule has 1 fully saturated rings. The quantitative estimate of drug-likeness (QED) is 0.899. The number of amides is 1. The molecule has 0 saturated carbocycles. The highest BCUT2D eigenvalue weighted by Gasteiger charge is 2.22. The largest absolute Gasteiger partial charge is 0.490 e. The number of hydrogen-bond donors (Lipinski definition) is 2. The van der Waals surface area contributed by atoms with E-state index in [9.17, 15) is 4.79 Å². The second-order valence-electron chi connectivity index (χ2n) is 5.86. The Hall–Kier alpha value is -1.26. The first-order chi connectivity index (χ1) is 9.95. The third kappa shape index (κ3) is 4.61. The number of ether oxygens (including phenoxy) is 1. The number of nitrogens with one attached hydrogen (secondary N) is 2. The summed E-state index contributed by atoms with van der Waals surface area (Å²) in [4.78, 5) is 12.5. The van der Waals surface area contributed by atoms with Crippen molar-refractivity contribution in [3.05, 3.63) is 28.8 Å². The highest BCUT2D eigenvalue weighted by Crippen LogP contribution is 2.24. The molecule has 1 amide bonds. The fourth-order valence-electron chi connectivity index (χ4n) is 2.56. The first-order valence-corrected chi connectivity index (χ1v) is 7.84. The van der Waals surface area contributed by atoms with E-state index in [1.807, 2.05) is 13.8 Å². The van der Waals surface area contributed by atoms with Crippen LogP contribution in [0.1, 0.15) is 44.0 Å². The number of hydrogen-bond acceptors (Lipinski definition) is 3. The Bertz CT molecular complexity index is 505. The lowest BCUT2D eigenvalue weighted by Gasteiger charge is -2.29. The first-order valence-electron chi connectivity index (χ1n) is 7.46. The summed E-state index contributed by atoms with van der Waals surface area (Å²) in [5.41, 5.74) is 0.502. The van der Waals surface area contributed by atoms with E-state index in [0.717, 1.165) is 19.4 Å². The van der Waals surface area contributed by atoms with Gasteiger partial charge in [-0.15, -0.1) is 0 Å². The van der Waals surface area contributed by atoms with Gasteiger partial charge in [0, 0.05) is 17.1 Å². The molecule has 1 aromatic carbocycles. The summed E-state index contributed by atoms with van der Waals surface area (Å²) in [6.45, 7) is 6.93. The van der Waals surface area contributed by atoms with Crippen LogP contribution in [0.15, 0.2) is 18.2 Å². The van der Waals surface area contributed by atoms with Gasteiger partial charge >= 0.3 is 0 Å². The zero-order valence-electron chi connectivity index (χ0n) is 12.8. The summed E-state index contributed by atoms with van der Waals surface area (Å²) < 4.78 is 5.70. The summed E-state index contributed by atoms with van der Waals surface area (Å²) in [6, 6.07) is 5.78. The van der Waals surface area contributed by atoms with E-state index >= 15 is 0 Å². The highest BCUT2D eigenvalue weighted by molar-refractivity contribution is 6.31.